The molecule has 1 heterocycles. The number of ether oxygens (including phenoxy) is 1. The number of rotatable bonds is 5. The van der Waals surface area contributed by atoms with Gasteiger partial charge in [0.2, 0.25) is 0 Å². The maximum atomic E-state index is 11.0. The first-order valence-electron chi connectivity index (χ1n) is 4.66. The average molecular weight is 226 g/mol. The van der Waals surface area contributed by atoms with Gasteiger partial charge in [0.15, 0.2) is 0 Å². The van der Waals surface area contributed by atoms with Gasteiger partial charge < -0.3 is 4.74 Å². The highest BCUT2D eigenvalue weighted by molar-refractivity contribution is 7.99. The number of hydrogen-bond acceptors (Lipinski definition) is 5. The Morgan fingerprint density at radius 2 is 2.20 bits per heavy atom. The second-order valence-corrected chi connectivity index (χ2v) is 4.49. The summed E-state index contributed by atoms with van der Waals surface area (Å²) in [4.78, 5) is 19.2. The number of carbonyl (C=O) groups excluding carboxylic acids is 1. The molecule has 4 nitrogen and oxygen atoms in total. The van der Waals surface area contributed by atoms with Crippen LogP contribution in [0.3, 0.4) is 0 Å². The van der Waals surface area contributed by atoms with Crippen LogP contribution in [-0.2, 0) is 15.3 Å². The van der Waals surface area contributed by atoms with Crippen LogP contribution in [-0.4, -0.2) is 28.3 Å². The Bertz CT molecular complexity index is 306. The summed E-state index contributed by atoms with van der Waals surface area (Å²) in [6.07, 6.45) is 3.86. The standard InChI is InChI=1S/C10H14N2O2S/c1-8(6-10(13)14-2)15-7-9-11-4-3-5-12-9/h3-5,8H,6-7H2,1-2H3. The molecule has 0 fully saturated rings. The first-order valence-corrected chi connectivity index (χ1v) is 5.71. The molecule has 1 aromatic rings. The Morgan fingerprint density at radius 3 is 2.80 bits per heavy atom. The summed E-state index contributed by atoms with van der Waals surface area (Å²) >= 11 is 1.65. The van der Waals surface area contributed by atoms with Crippen LogP contribution >= 0.6 is 11.8 Å². The van der Waals surface area contributed by atoms with Crippen molar-refractivity contribution in [3.63, 3.8) is 0 Å². The highest BCUT2D eigenvalue weighted by Crippen LogP contribution is 2.17. The van der Waals surface area contributed by atoms with E-state index in [1.165, 1.54) is 7.11 Å². The molecule has 0 amide bonds. The summed E-state index contributed by atoms with van der Waals surface area (Å²) in [5, 5.41) is 0.223. The Morgan fingerprint density at radius 1 is 1.53 bits per heavy atom. The highest BCUT2D eigenvalue weighted by Gasteiger charge is 2.10. The van der Waals surface area contributed by atoms with Crippen molar-refractivity contribution in [3.8, 4) is 0 Å². The zero-order valence-electron chi connectivity index (χ0n) is 8.84. The fourth-order valence-electron chi connectivity index (χ4n) is 0.998. The van der Waals surface area contributed by atoms with Crippen molar-refractivity contribution in [1.82, 2.24) is 9.97 Å². The zero-order chi connectivity index (χ0) is 11.1. The molecule has 0 spiro atoms. The van der Waals surface area contributed by atoms with E-state index in [0.717, 1.165) is 11.6 Å². The lowest BCUT2D eigenvalue weighted by Gasteiger charge is -2.08. The van der Waals surface area contributed by atoms with E-state index in [0.29, 0.717) is 6.42 Å². The van der Waals surface area contributed by atoms with Gasteiger partial charge in [0.05, 0.1) is 19.3 Å². The first-order chi connectivity index (χ1) is 7.22. The Balaban J connectivity index is 2.28. The third-order valence-electron chi connectivity index (χ3n) is 1.80. The van der Waals surface area contributed by atoms with E-state index in [4.69, 9.17) is 0 Å². The van der Waals surface area contributed by atoms with Crippen LogP contribution in [0.15, 0.2) is 18.5 Å². The predicted octanol–water partition coefficient (Wildman–Crippen LogP) is 1.66. The van der Waals surface area contributed by atoms with E-state index in [2.05, 4.69) is 14.7 Å². The lowest BCUT2D eigenvalue weighted by atomic mass is 10.3. The molecule has 5 heteroatoms. The van der Waals surface area contributed by atoms with Crippen LogP contribution in [0.25, 0.3) is 0 Å². The van der Waals surface area contributed by atoms with Crippen molar-refractivity contribution in [2.75, 3.05) is 7.11 Å². The molecular weight excluding hydrogens is 212 g/mol. The maximum absolute atomic E-state index is 11.0. The second-order valence-electron chi connectivity index (χ2n) is 3.07. The van der Waals surface area contributed by atoms with Gasteiger partial charge in [0.25, 0.3) is 0 Å². The predicted molar refractivity (Wildman–Crippen MR) is 59.4 cm³/mol. The van der Waals surface area contributed by atoms with Crippen LogP contribution in [0.4, 0.5) is 0 Å². The second kappa shape index (κ2) is 6.40. The van der Waals surface area contributed by atoms with Crippen molar-refractivity contribution in [2.45, 2.75) is 24.3 Å². The molecule has 15 heavy (non-hydrogen) atoms. The number of carbonyl (C=O) groups is 1. The Hall–Kier alpha value is -1.10. The van der Waals surface area contributed by atoms with Crippen molar-refractivity contribution in [3.05, 3.63) is 24.3 Å². The van der Waals surface area contributed by atoms with Crippen molar-refractivity contribution < 1.29 is 9.53 Å². The fourth-order valence-corrected chi connectivity index (χ4v) is 1.83. The smallest absolute Gasteiger partial charge is 0.306 e. The molecule has 0 saturated carbocycles. The van der Waals surface area contributed by atoms with Gasteiger partial charge in [-0.15, -0.1) is 0 Å². The lowest BCUT2D eigenvalue weighted by Crippen LogP contribution is -2.09. The van der Waals surface area contributed by atoms with Crippen LogP contribution in [0.5, 0.6) is 0 Å². The highest BCUT2D eigenvalue weighted by atomic mass is 32.2. The van der Waals surface area contributed by atoms with Gasteiger partial charge in [-0.2, -0.15) is 11.8 Å². The van der Waals surface area contributed by atoms with Crippen LogP contribution in [0.1, 0.15) is 19.2 Å². The molecule has 0 aliphatic carbocycles. The van der Waals surface area contributed by atoms with Crippen LogP contribution < -0.4 is 0 Å². The molecule has 1 unspecified atom stereocenters. The summed E-state index contributed by atoms with van der Waals surface area (Å²) in [6, 6.07) is 1.78. The van der Waals surface area contributed by atoms with E-state index >= 15 is 0 Å². The summed E-state index contributed by atoms with van der Waals surface area (Å²) in [7, 11) is 1.40. The van der Waals surface area contributed by atoms with Crippen molar-refractivity contribution in [1.29, 1.82) is 0 Å². The topological polar surface area (TPSA) is 52.1 Å². The lowest BCUT2D eigenvalue weighted by molar-refractivity contribution is -0.140. The normalized spacial score (nSPS) is 12.1. The molecule has 82 valence electrons. The molecule has 0 aliphatic heterocycles. The van der Waals surface area contributed by atoms with Gasteiger partial charge in [-0.1, -0.05) is 6.92 Å². The minimum Gasteiger partial charge on any atom is -0.469 e. The number of esters is 1. The average Bonchev–Trinajstić information content (AvgIpc) is 2.27. The van der Waals surface area contributed by atoms with E-state index in [1.54, 1.807) is 30.2 Å². The summed E-state index contributed by atoms with van der Waals surface area (Å²) < 4.78 is 4.59. The van der Waals surface area contributed by atoms with Crippen LogP contribution in [0, 0.1) is 0 Å². The van der Waals surface area contributed by atoms with Gasteiger partial charge >= 0.3 is 5.97 Å². The Kier molecular flexibility index (Phi) is 5.10. The third-order valence-corrected chi connectivity index (χ3v) is 2.96. The van der Waals surface area contributed by atoms with Gasteiger partial charge in [0, 0.05) is 17.6 Å². The number of nitrogens with zero attached hydrogens (tertiary/aromatic N) is 2. The van der Waals surface area contributed by atoms with E-state index < -0.39 is 0 Å². The van der Waals surface area contributed by atoms with Gasteiger partial charge in [0.1, 0.15) is 5.82 Å². The van der Waals surface area contributed by atoms with Gasteiger partial charge in [-0.25, -0.2) is 9.97 Å². The molecule has 1 rings (SSSR count). The summed E-state index contributed by atoms with van der Waals surface area (Å²) in [6.45, 7) is 1.99. The molecule has 0 saturated heterocycles. The van der Waals surface area contributed by atoms with Gasteiger partial charge in [-0.3, -0.25) is 4.79 Å². The minimum atomic E-state index is -0.177. The molecular formula is C10H14N2O2S. The molecule has 0 bridgehead atoms. The SMILES string of the molecule is COC(=O)CC(C)SCc1ncccn1. The van der Waals surface area contributed by atoms with E-state index in [9.17, 15) is 4.79 Å². The molecule has 0 aromatic carbocycles. The Labute approximate surface area is 93.5 Å². The number of methoxy groups -OCH3 is 1. The number of aromatic nitrogens is 2. The molecule has 0 radical (unpaired) electrons. The first kappa shape index (κ1) is 12.0. The van der Waals surface area contributed by atoms with Gasteiger partial charge in [-0.05, 0) is 6.07 Å². The number of hydrogen-bond donors (Lipinski definition) is 0. The largest absolute Gasteiger partial charge is 0.469 e. The number of thioether (sulfide) groups is 1. The summed E-state index contributed by atoms with van der Waals surface area (Å²) in [5.74, 6) is 1.34. The molecule has 1 atom stereocenters. The monoisotopic (exact) mass is 226 g/mol. The zero-order valence-corrected chi connectivity index (χ0v) is 9.66. The van der Waals surface area contributed by atoms with Crippen molar-refractivity contribution >= 4 is 17.7 Å². The third kappa shape index (κ3) is 4.78. The van der Waals surface area contributed by atoms with E-state index in [1.807, 2.05) is 6.92 Å². The molecule has 0 aliphatic rings. The van der Waals surface area contributed by atoms with E-state index in [-0.39, 0.29) is 11.2 Å². The van der Waals surface area contributed by atoms with Crippen LogP contribution in [0.2, 0.25) is 0 Å². The quantitative estimate of drug-likeness (QED) is 0.715. The molecule has 0 N–H and O–H groups in total. The maximum Gasteiger partial charge on any atom is 0.306 e. The minimum absolute atomic E-state index is 0.177. The summed E-state index contributed by atoms with van der Waals surface area (Å²) in [5.41, 5.74) is 0. The van der Waals surface area contributed by atoms with Crippen molar-refractivity contribution in [2.24, 2.45) is 0 Å². The molecule has 1 aromatic heterocycles. The fraction of sp³-hybridized carbons (Fsp3) is 0.500.